The second kappa shape index (κ2) is 6.48. The summed E-state index contributed by atoms with van der Waals surface area (Å²) in [5.41, 5.74) is 1.68. The molecule has 128 valence electrons. The van der Waals surface area contributed by atoms with Crippen molar-refractivity contribution in [1.29, 1.82) is 0 Å². The lowest BCUT2D eigenvalue weighted by Crippen LogP contribution is -2.51. The van der Waals surface area contributed by atoms with Gasteiger partial charge < -0.3 is 9.73 Å². The van der Waals surface area contributed by atoms with E-state index in [0.717, 1.165) is 24.1 Å². The molecule has 2 heterocycles. The van der Waals surface area contributed by atoms with Crippen molar-refractivity contribution in [3.63, 3.8) is 0 Å². The largest absolute Gasteiger partial charge is 0.440 e. The maximum absolute atomic E-state index is 12.7. The predicted octanol–water partition coefficient (Wildman–Crippen LogP) is 4.45. The Morgan fingerprint density at radius 3 is 2.68 bits per heavy atom. The maximum Gasteiger partial charge on any atom is 0.236 e. The normalized spacial score (nSPS) is 15.6. The summed E-state index contributed by atoms with van der Waals surface area (Å²) in [6, 6.07) is 14.2. The molecule has 1 aromatic carbocycles. The van der Waals surface area contributed by atoms with Crippen LogP contribution in [-0.2, 0) is 16.8 Å². The number of carbonyl (C=O) groups is 1. The first-order valence-corrected chi connectivity index (χ1v) is 9.41. The fourth-order valence-corrected chi connectivity index (χ4v) is 3.98. The Labute approximate surface area is 150 Å². The molecule has 0 saturated heterocycles. The minimum atomic E-state index is -0.216. The molecule has 1 saturated carbocycles. The lowest BCUT2D eigenvalue weighted by Gasteiger charge is -2.43. The molecule has 0 atom stereocenters. The van der Waals surface area contributed by atoms with E-state index in [9.17, 15) is 4.79 Å². The number of nitrogens with zero attached hydrogens (tertiary/aromatic N) is 1. The summed E-state index contributed by atoms with van der Waals surface area (Å²) in [6.45, 7) is 1.86. The van der Waals surface area contributed by atoms with Crippen molar-refractivity contribution < 1.29 is 9.21 Å². The van der Waals surface area contributed by atoms with Crippen LogP contribution in [-0.4, -0.2) is 10.9 Å². The summed E-state index contributed by atoms with van der Waals surface area (Å²) < 4.78 is 5.73. The zero-order valence-corrected chi connectivity index (χ0v) is 14.9. The number of benzene rings is 1. The number of thiophene rings is 1. The molecule has 1 aliphatic rings. The smallest absolute Gasteiger partial charge is 0.236 e. The van der Waals surface area contributed by atoms with Crippen LogP contribution in [0.4, 0.5) is 0 Å². The van der Waals surface area contributed by atoms with Gasteiger partial charge in [-0.05, 0) is 43.2 Å². The van der Waals surface area contributed by atoms with Gasteiger partial charge in [0.1, 0.15) is 5.76 Å². The van der Waals surface area contributed by atoms with Crippen molar-refractivity contribution in [3.8, 4) is 10.8 Å². The Morgan fingerprint density at radius 1 is 1.24 bits per heavy atom. The molecule has 0 spiro atoms. The molecule has 4 rings (SSSR count). The van der Waals surface area contributed by atoms with E-state index in [1.165, 1.54) is 5.56 Å². The van der Waals surface area contributed by atoms with Gasteiger partial charge >= 0.3 is 0 Å². The Balaban J connectivity index is 1.49. The van der Waals surface area contributed by atoms with Crippen LogP contribution in [0.5, 0.6) is 0 Å². The summed E-state index contributed by atoms with van der Waals surface area (Å²) in [6.07, 6.45) is 3.36. The number of rotatable bonds is 5. The van der Waals surface area contributed by atoms with Gasteiger partial charge in [0, 0.05) is 0 Å². The minimum Gasteiger partial charge on any atom is -0.440 e. The van der Waals surface area contributed by atoms with Crippen LogP contribution in [0.25, 0.3) is 10.8 Å². The van der Waals surface area contributed by atoms with Gasteiger partial charge in [0.25, 0.3) is 0 Å². The lowest BCUT2D eigenvalue weighted by atomic mass is 9.71. The van der Waals surface area contributed by atoms with Crippen LogP contribution in [0.15, 0.2) is 52.3 Å². The summed E-state index contributed by atoms with van der Waals surface area (Å²) in [7, 11) is 0. The lowest BCUT2D eigenvalue weighted by molar-refractivity contribution is -0.123. The second-order valence-electron chi connectivity index (χ2n) is 6.53. The third-order valence-corrected chi connectivity index (χ3v) is 5.72. The van der Waals surface area contributed by atoms with Crippen molar-refractivity contribution in [2.75, 3.05) is 0 Å². The van der Waals surface area contributed by atoms with Gasteiger partial charge in [0.05, 0.1) is 22.5 Å². The number of oxazole rings is 1. The van der Waals surface area contributed by atoms with Gasteiger partial charge in [-0.25, -0.2) is 4.98 Å². The Kier molecular flexibility index (Phi) is 4.17. The summed E-state index contributed by atoms with van der Waals surface area (Å²) in [5.74, 6) is 1.30. The zero-order chi connectivity index (χ0) is 17.3. The van der Waals surface area contributed by atoms with E-state index in [1.54, 1.807) is 11.3 Å². The molecular weight excluding hydrogens is 332 g/mol. The van der Waals surface area contributed by atoms with Gasteiger partial charge in [0.2, 0.25) is 11.8 Å². The monoisotopic (exact) mass is 352 g/mol. The van der Waals surface area contributed by atoms with Gasteiger partial charge in [-0.15, -0.1) is 11.3 Å². The van der Waals surface area contributed by atoms with Gasteiger partial charge in [-0.2, -0.15) is 0 Å². The van der Waals surface area contributed by atoms with Crippen LogP contribution in [0.2, 0.25) is 0 Å². The first-order chi connectivity index (χ1) is 12.2. The fourth-order valence-electron chi connectivity index (χ4n) is 3.33. The Morgan fingerprint density at radius 2 is 2.04 bits per heavy atom. The van der Waals surface area contributed by atoms with Crippen molar-refractivity contribution >= 4 is 17.2 Å². The summed E-state index contributed by atoms with van der Waals surface area (Å²) >= 11 is 1.58. The average molecular weight is 352 g/mol. The van der Waals surface area contributed by atoms with Crippen molar-refractivity contribution in [3.05, 3.63) is 64.9 Å². The standard InChI is InChI=1S/C20H20N2O2S/c1-14-16(21-19(24-14)17-9-5-12-25-17)13-18(23)22-20(10-6-11-20)15-7-3-2-4-8-15/h2-5,7-9,12H,6,10-11,13H2,1H3,(H,22,23). The fraction of sp³-hybridized carbons (Fsp3) is 0.300. The van der Waals surface area contributed by atoms with E-state index in [-0.39, 0.29) is 17.9 Å². The number of aromatic nitrogens is 1. The first kappa shape index (κ1) is 16.1. The summed E-state index contributed by atoms with van der Waals surface area (Å²) in [4.78, 5) is 18.2. The van der Waals surface area contributed by atoms with E-state index in [4.69, 9.17) is 4.42 Å². The van der Waals surface area contributed by atoms with E-state index in [0.29, 0.717) is 17.3 Å². The van der Waals surface area contributed by atoms with Gasteiger partial charge in [-0.3, -0.25) is 4.79 Å². The van der Waals surface area contributed by atoms with Crippen LogP contribution in [0, 0.1) is 6.92 Å². The van der Waals surface area contributed by atoms with Crippen molar-refractivity contribution in [2.24, 2.45) is 0 Å². The minimum absolute atomic E-state index is 0.00215. The van der Waals surface area contributed by atoms with Crippen LogP contribution in [0.1, 0.15) is 36.3 Å². The molecule has 0 radical (unpaired) electrons. The predicted molar refractivity (Wildman–Crippen MR) is 98.4 cm³/mol. The molecule has 0 bridgehead atoms. The van der Waals surface area contributed by atoms with Crippen LogP contribution in [0.3, 0.4) is 0 Å². The first-order valence-electron chi connectivity index (χ1n) is 8.53. The molecule has 0 aliphatic heterocycles. The maximum atomic E-state index is 12.7. The second-order valence-corrected chi connectivity index (χ2v) is 7.47. The topological polar surface area (TPSA) is 55.1 Å². The van der Waals surface area contributed by atoms with Gasteiger partial charge in [0.15, 0.2) is 0 Å². The molecular formula is C20H20N2O2S. The zero-order valence-electron chi connectivity index (χ0n) is 14.1. The SMILES string of the molecule is Cc1oc(-c2cccs2)nc1CC(=O)NC1(c2ccccc2)CCC1. The number of aryl methyl sites for hydroxylation is 1. The molecule has 1 amide bonds. The van der Waals surface area contributed by atoms with Gasteiger partial charge in [-0.1, -0.05) is 36.4 Å². The quantitative estimate of drug-likeness (QED) is 0.738. The molecule has 3 aromatic rings. The van der Waals surface area contributed by atoms with Crippen molar-refractivity contribution in [2.45, 2.75) is 38.1 Å². The summed E-state index contributed by atoms with van der Waals surface area (Å²) in [5, 5.41) is 5.24. The molecule has 5 heteroatoms. The molecule has 1 aliphatic carbocycles. The highest BCUT2D eigenvalue weighted by atomic mass is 32.1. The van der Waals surface area contributed by atoms with E-state index < -0.39 is 0 Å². The molecule has 1 N–H and O–H groups in total. The highest BCUT2D eigenvalue weighted by Gasteiger charge is 2.39. The molecule has 4 nitrogen and oxygen atoms in total. The third kappa shape index (κ3) is 3.12. The number of hydrogen-bond acceptors (Lipinski definition) is 4. The number of carbonyl (C=O) groups excluding carboxylic acids is 1. The van der Waals surface area contributed by atoms with Crippen LogP contribution >= 0.6 is 11.3 Å². The molecule has 25 heavy (non-hydrogen) atoms. The van der Waals surface area contributed by atoms with E-state index in [2.05, 4.69) is 22.4 Å². The highest BCUT2D eigenvalue weighted by Crippen LogP contribution is 2.41. The Hall–Kier alpha value is -2.40. The number of hydrogen-bond donors (Lipinski definition) is 1. The number of nitrogens with one attached hydrogen (secondary N) is 1. The van der Waals surface area contributed by atoms with Crippen molar-refractivity contribution in [1.82, 2.24) is 10.3 Å². The Bertz CT molecular complexity index is 865. The average Bonchev–Trinajstić information content (AvgIpc) is 3.22. The van der Waals surface area contributed by atoms with E-state index in [1.807, 2.05) is 42.6 Å². The third-order valence-electron chi connectivity index (χ3n) is 4.86. The van der Waals surface area contributed by atoms with Crippen LogP contribution < -0.4 is 5.32 Å². The molecule has 2 aromatic heterocycles. The highest BCUT2D eigenvalue weighted by molar-refractivity contribution is 7.13. The molecule has 0 unspecified atom stereocenters. The van der Waals surface area contributed by atoms with E-state index >= 15 is 0 Å². The number of amides is 1. The molecule has 1 fully saturated rings.